The molecule has 0 rings (SSSR count). The Morgan fingerprint density at radius 2 is 0.648 bits per heavy atom. The molecular formula is C32H74N4O14Si4. The van der Waals surface area contributed by atoms with Crippen molar-refractivity contribution in [2.45, 2.75) is 91.4 Å². The predicted octanol–water partition coefficient (Wildman–Crippen LogP) is 4.34. The number of hydrogen-bond acceptors (Lipinski definition) is 14. The summed E-state index contributed by atoms with van der Waals surface area (Å²) >= 11 is 0. The topological polar surface area (TPSA) is 175 Å². The van der Waals surface area contributed by atoms with Crippen LogP contribution in [0.15, 0.2) is 0 Å². The van der Waals surface area contributed by atoms with Gasteiger partial charge >= 0.3 is 47.3 Å². The lowest BCUT2D eigenvalue weighted by Gasteiger charge is -2.36. The SMILES string of the molecule is CCO[Si](CCCNC(=O)N(CCC[Si](OCC)(OCC)OCC)N(CCC[Si](OC)(OC)OC)C(=O)NCCC[Si](OC)(OC)OC)(OCC)OCC. The van der Waals surface area contributed by atoms with E-state index in [-0.39, 0.29) is 19.6 Å². The van der Waals surface area contributed by atoms with Crippen molar-refractivity contribution < 1.29 is 62.7 Å². The summed E-state index contributed by atoms with van der Waals surface area (Å²) in [6.45, 7) is 15.0. The van der Waals surface area contributed by atoms with E-state index in [4.69, 9.17) is 53.1 Å². The first-order valence-electron chi connectivity index (χ1n) is 19.2. The molecule has 0 saturated heterocycles. The molecule has 0 bridgehead atoms. The van der Waals surface area contributed by atoms with E-state index in [1.54, 1.807) is 21.3 Å². The van der Waals surface area contributed by atoms with Crippen molar-refractivity contribution in [3.05, 3.63) is 0 Å². The second kappa shape index (κ2) is 30.1. The van der Waals surface area contributed by atoms with Gasteiger partial charge < -0.3 is 63.7 Å². The first kappa shape index (κ1) is 52.9. The van der Waals surface area contributed by atoms with Crippen LogP contribution in [-0.2, 0) is 53.1 Å². The quantitative estimate of drug-likeness (QED) is 0.0532. The van der Waals surface area contributed by atoms with E-state index in [2.05, 4.69) is 10.6 Å². The Morgan fingerprint density at radius 3 is 0.907 bits per heavy atom. The Labute approximate surface area is 329 Å². The number of amides is 4. The summed E-state index contributed by atoms with van der Waals surface area (Å²) in [5, 5.41) is 8.86. The third kappa shape index (κ3) is 18.5. The van der Waals surface area contributed by atoms with Crippen molar-refractivity contribution >= 4 is 47.3 Å². The average molecular weight is 851 g/mol. The van der Waals surface area contributed by atoms with Gasteiger partial charge in [-0.2, -0.15) is 0 Å². The van der Waals surface area contributed by atoms with Crippen molar-refractivity contribution in [1.29, 1.82) is 0 Å². The number of urea groups is 2. The van der Waals surface area contributed by atoms with Gasteiger partial charge in [0.1, 0.15) is 0 Å². The molecule has 0 heterocycles. The van der Waals surface area contributed by atoms with Crippen LogP contribution in [0.1, 0.15) is 67.2 Å². The fourth-order valence-corrected chi connectivity index (χ4v) is 14.5. The smallest absolute Gasteiger partial charge is 0.377 e. The van der Waals surface area contributed by atoms with Gasteiger partial charge in [0.2, 0.25) is 0 Å². The molecule has 0 radical (unpaired) electrons. The number of carbonyl (C=O) groups is 2. The number of nitrogens with one attached hydrogen (secondary N) is 2. The molecule has 322 valence electrons. The van der Waals surface area contributed by atoms with E-state index in [1.807, 2.05) is 41.5 Å². The number of rotatable bonds is 34. The summed E-state index contributed by atoms with van der Waals surface area (Å²) in [6.07, 6.45) is 1.93. The lowest BCUT2D eigenvalue weighted by molar-refractivity contribution is 0.0397. The number of nitrogens with zero attached hydrogens (tertiary/aromatic N) is 2. The third-order valence-corrected chi connectivity index (χ3v) is 20.4. The maximum Gasteiger partial charge on any atom is 0.500 e. The molecule has 0 fully saturated rings. The average Bonchev–Trinajstić information content (AvgIpc) is 3.17. The van der Waals surface area contributed by atoms with Gasteiger partial charge in [0.05, 0.1) is 0 Å². The first-order valence-corrected chi connectivity index (χ1v) is 26.9. The van der Waals surface area contributed by atoms with Gasteiger partial charge in [-0.05, 0) is 67.2 Å². The molecule has 0 aliphatic carbocycles. The zero-order chi connectivity index (χ0) is 40.9. The molecule has 4 amide bonds. The molecule has 18 nitrogen and oxygen atoms in total. The van der Waals surface area contributed by atoms with Gasteiger partial charge in [-0.25, -0.2) is 19.6 Å². The second-order valence-electron chi connectivity index (χ2n) is 11.7. The van der Waals surface area contributed by atoms with Crippen molar-refractivity contribution in [3.63, 3.8) is 0 Å². The van der Waals surface area contributed by atoms with Crippen LogP contribution in [0.5, 0.6) is 0 Å². The zero-order valence-corrected chi connectivity index (χ0v) is 39.3. The maximum atomic E-state index is 14.1. The minimum atomic E-state index is -3.05. The van der Waals surface area contributed by atoms with Crippen LogP contribution in [0.4, 0.5) is 9.59 Å². The van der Waals surface area contributed by atoms with Crippen LogP contribution in [0.2, 0.25) is 24.2 Å². The van der Waals surface area contributed by atoms with Gasteiger partial charge in [-0.15, -0.1) is 0 Å². The fourth-order valence-electron chi connectivity index (χ4n) is 5.85. The van der Waals surface area contributed by atoms with Crippen LogP contribution in [-0.4, -0.2) is 166 Å². The van der Waals surface area contributed by atoms with Crippen molar-refractivity contribution in [2.75, 3.05) is 108 Å². The summed E-state index contributed by atoms with van der Waals surface area (Å²) in [5.74, 6) is 0. The molecule has 54 heavy (non-hydrogen) atoms. The molecule has 0 unspecified atom stereocenters. The number of hydrazine groups is 1. The standard InChI is InChI=1S/C32H74N4O14Si4/c1-13-45-53(46-14-2,47-15-3)28-20-24-34-32(38)36(26-22-30-54(48-16-4,49-17-5)50-18-6)35(25-21-29-52(42-10,43-11)44-12)31(37)33-23-19-27-51(39-7,40-8)41-9/h13-30H2,1-12H3,(H,33,37)(H,34,38). The summed E-state index contributed by atoms with van der Waals surface area (Å²) in [4.78, 5) is 28.2. The Morgan fingerprint density at radius 1 is 0.407 bits per heavy atom. The third-order valence-electron chi connectivity index (χ3n) is 8.39. The lowest BCUT2D eigenvalue weighted by Crippen LogP contribution is -2.57. The molecule has 0 atom stereocenters. The van der Waals surface area contributed by atoms with E-state index in [0.717, 1.165) is 0 Å². The zero-order valence-electron chi connectivity index (χ0n) is 35.3. The highest BCUT2D eigenvalue weighted by atomic mass is 28.4. The lowest BCUT2D eigenvalue weighted by atomic mass is 10.4. The van der Waals surface area contributed by atoms with E-state index in [1.165, 1.54) is 31.3 Å². The Balaban J connectivity index is 6.46. The van der Waals surface area contributed by atoms with E-state index < -0.39 is 47.3 Å². The van der Waals surface area contributed by atoms with Gasteiger partial charge in [-0.1, -0.05) is 0 Å². The molecule has 0 saturated carbocycles. The monoisotopic (exact) mass is 850 g/mol. The van der Waals surface area contributed by atoms with Crippen LogP contribution in [0, 0.1) is 0 Å². The molecule has 0 aliphatic heterocycles. The largest absolute Gasteiger partial charge is 0.500 e. The van der Waals surface area contributed by atoms with Crippen molar-refractivity contribution in [1.82, 2.24) is 20.7 Å². The Bertz CT molecular complexity index is 926. The minimum Gasteiger partial charge on any atom is -0.377 e. The highest BCUT2D eigenvalue weighted by Gasteiger charge is 2.42. The second-order valence-corrected chi connectivity index (χ2v) is 23.3. The predicted molar refractivity (Wildman–Crippen MR) is 213 cm³/mol. The van der Waals surface area contributed by atoms with Crippen LogP contribution < -0.4 is 10.6 Å². The first-order chi connectivity index (χ1) is 25.9. The minimum absolute atomic E-state index is 0.164. The summed E-state index contributed by atoms with van der Waals surface area (Å²) < 4.78 is 69.7. The molecule has 0 aliphatic rings. The normalized spacial score (nSPS) is 12.6. The molecule has 0 spiro atoms. The van der Waals surface area contributed by atoms with Gasteiger partial charge in [0.15, 0.2) is 0 Å². The van der Waals surface area contributed by atoms with E-state index in [9.17, 15) is 9.59 Å². The summed E-state index contributed by atoms with van der Waals surface area (Å²) in [6, 6.07) is 0.953. The number of hydrogen-bond donors (Lipinski definition) is 2. The molecule has 22 heteroatoms. The number of carbonyl (C=O) groups excluding carboxylic acids is 2. The molecule has 0 aromatic carbocycles. The highest BCUT2D eigenvalue weighted by molar-refractivity contribution is 6.61. The summed E-state index contributed by atoms with van der Waals surface area (Å²) in [5.41, 5.74) is 0. The van der Waals surface area contributed by atoms with E-state index in [0.29, 0.717) is 96.0 Å². The van der Waals surface area contributed by atoms with Crippen LogP contribution >= 0.6 is 0 Å². The Hall–Kier alpha value is -1.07. The van der Waals surface area contributed by atoms with Crippen LogP contribution in [0.3, 0.4) is 0 Å². The molecule has 2 N–H and O–H groups in total. The highest BCUT2D eigenvalue weighted by Crippen LogP contribution is 2.22. The molecule has 0 aromatic rings. The van der Waals surface area contributed by atoms with Gasteiger partial charge in [0, 0.05) is 133 Å². The maximum absolute atomic E-state index is 14.1. The molecular weight excluding hydrogens is 777 g/mol. The van der Waals surface area contributed by atoms with Gasteiger partial charge in [-0.3, -0.25) is 0 Å². The van der Waals surface area contributed by atoms with Crippen molar-refractivity contribution in [3.8, 4) is 0 Å². The molecule has 0 aromatic heterocycles. The fraction of sp³-hybridized carbons (Fsp3) is 0.938. The Kier molecular flexibility index (Phi) is 29.5. The van der Waals surface area contributed by atoms with E-state index >= 15 is 0 Å². The summed E-state index contributed by atoms with van der Waals surface area (Å²) in [7, 11) is -2.53. The van der Waals surface area contributed by atoms with Crippen molar-refractivity contribution in [2.24, 2.45) is 0 Å². The van der Waals surface area contributed by atoms with Crippen LogP contribution in [0.25, 0.3) is 0 Å². The van der Waals surface area contributed by atoms with Gasteiger partial charge in [0.25, 0.3) is 0 Å².